The van der Waals surface area contributed by atoms with Gasteiger partial charge in [-0.3, -0.25) is 4.90 Å². The number of nitrogens with zero attached hydrogens (tertiary/aromatic N) is 3. The summed E-state index contributed by atoms with van der Waals surface area (Å²) in [6, 6.07) is 9.22. The van der Waals surface area contributed by atoms with Crippen LogP contribution in [0, 0.1) is 5.82 Å². The molecule has 1 aromatic heterocycles. The molecule has 2 heterocycles. The first-order chi connectivity index (χ1) is 15.2. The van der Waals surface area contributed by atoms with Gasteiger partial charge < -0.3 is 14.4 Å². The Balaban J connectivity index is 1.45. The smallest absolute Gasteiger partial charge is 0.406 e. The van der Waals surface area contributed by atoms with Crippen LogP contribution in [0.5, 0.6) is 5.75 Å². The normalized spacial score (nSPS) is 19.4. The van der Waals surface area contributed by atoms with Crippen LogP contribution in [0.25, 0.3) is 0 Å². The van der Waals surface area contributed by atoms with Crippen molar-refractivity contribution in [1.29, 1.82) is 0 Å². The summed E-state index contributed by atoms with van der Waals surface area (Å²) in [5, 5.41) is 14.4. The average molecular weight is 472 g/mol. The molecule has 2 atom stereocenters. The predicted octanol–water partition coefficient (Wildman–Crippen LogP) is 4.66. The van der Waals surface area contributed by atoms with Gasteiger partial charge in [-0.1, -0.05) is 35.0 Å². The number of aliphatic hydroxyl groups is 1. The highest BCUT2D eigenvalue weighted by molar-refractivity contribution is 6.31. The summed E-state index contributed by atoms with van der Waals surface area (Å²) in [5.41, 5.74) is 1.38. The molecule has 6 nitrogen and oxygen atoms in total. The van der Waals surface area contributed by atoms with E-state index >= 15 is 0 Å². The van der Waals surface area contributed by atoms with Gasteiger partial charge in [0.1, 0.15) is 11.6 Å². The third-order valence-corrected chi connectivity index (χ3v) is 5.41. The average Bonchev–Trinajstić information content (AvgIpc) is 3.30. The number of hydrogen-bond acceptors (Lipinski definition) is 6. The molecule has 0 spiro atoms. The molecule has 0 aliphatic carbocycles. The van der Waals surface area contributed by atoms with Gasteiger partial charge in [-0.05, 0) is 41.8 Å². The molecule has 1 N–H and O–H groups in total. The zero-order chi connectivity index (χ0) is 22.9. The van der Waals surface area contributed by atoms with Gasteiger partial charge in [0.2, 0.25) is 5.89 Å². The lowest BCUT2D eigenvalue weighted by atomic mass is 10.1. The van der Waals surface area contributed by atoms with Crippen LogP contribution in [0.15, 0.2) is 47.0 Å². The molecule has 32 heavy (non-hydrogen) atoms. The summed E-state index contributed by atoms with van der Waals surface area (Å²) < 4.78 is 59.5. The lowest BCUT2D eigenvalue weighted by Crippen LogP contribution is -2.24. The van der Waals surface area contributed by atoms with Gasteiger partial charge in [0.05, 0.1) is 12.1 Å². The predicted molar refractivity (Wildman–Crippen MR) is 105 cm³/mol. The second kappa shape index (κ2) is 9.05. The van der Waals surface area contributed by atoms with Crippen LogP contribution in [0.4, 0.5) is 17.6 Å². The van der Waals surface area contributed by atoms with E-state index in [1.807, 2.05) is 4.90 Å². The van der Waals surface area contributed by atoms with Crippen LogP contribution in [0.3, 0.4) is 0 Å². The quantitative estimate of drug-likeness (QED) is 0.527. The van der Waals surface area contributed by atoms with Crippen LogP contribution in [0.2, 0.25) is 5.02 Å². The fourth-order valence-electron chi connectivity index (χ4n) is 3.65. The van der Waals surface area contributed by atoms with Crippen molar-refractivity contribution in [1.82, 2.24) is 15.0 Å². The van der Waals surface area contributed by atoms with Crippen molar-refractivity contribution >= 4 is 11.6 Å². The molecule has 0 amide bonds. The van der Waals surface area contributed by atoms with Crippen LogP contribution in [-0.4, -0.2) is 39.2 Å². The zero-order valence-corrected chi connectivity index (χ0v) is 17.3. The summed E-state index contributed by atoms with van der Waals surface area (Å²) in [5.74, 6) is -0.0725. The van der Waals surface area contributed by atoms with E-state index in [1.165, 1.54) is 36.4 Å². The highest BCUT2D eigenvalue weighted by Crippen LogP contribution is 2.33. The maximum atomic E-state index is 13.2. The number of halogens is 5. The maximum absolute atomic E-state index is 13.2. The van der Waals surface area contributed by atoms with Crippen molar-refractivity contribution in [3.8, 4) is 5.75 Å². The molecule has 1 aliphatic rings. The number of β-amino-alcohol motifs (C(OH)–C–C–N with tert-alkyl or cyclic N) is 1. The standard InChI is InChI=1S/C21H18ClF4N3O3/c22-17-8-14(23)4-3-13(17)7-19-27-20(32-28-19)18-9-15(30)11-29(18)10-12-1-5-16(6-2-12)31-21(24,25)26/h1-6,8,15,18,30H,7,9-11H2. The summed E-state index contributed by atoms with van der Waals surface area (Å²) >= 11 is 6.05. The molecule has 0 bridgehead atoms. The van der Waals surface area contributed by atoms with Gasteiger partial charge in [-0.15, -0.1) is 13.2 Å². The van der Waals surface area contributed by atoms with Gasteiger partial charge in [0, 0.05) is 24.5 Å². The first kappa shape index (κ1) is 22.5. The molecule has 170 valence electrons. The summed E-state index contributed by atoms with van der Waals surface area (Å²) in [6.45, 7) is 0.697. The van der Waals surface area contributed by atoms with E-state index in [4.69, 9.17) is 16.1 Å². The molecule has 11 heteroatoms. The number of alkyl halides is 3. The lowest BCUT2D eigenvalue weighted by molar-refractivity contribution is -0.274. The van der Waals surface area contributed by atoms with Gasteiger partial charge in [-0.25, -0.2) is 4.39 Å². The Morgan fingerprint density at radius 2 is 1.94 bits per heavy atom. The van der Waals surface area contributed by atoms with E-state index in [-0.39, 0.29) is 23.2 Å². The molecular weight excluding hydrogens is 454 g/mol. The second-order valence-corrected chi connectivity index (χ2v) is 7.90. The fraction of sp³-hybridized carbons (Fsp3) is 0.333. The molecular formula is C21H18ClF4N3O3. The molecule has 0 saturated carbocycles. The number of rotatable bonds is 6. The van der Waals surface area contributed by atoms with E-state index < -0.39 is 18.3 Å². The highest BCUT2D eigenvalue weighted by Gasteiger charge is 2.36. The number of ether oxygens (including phenoxy) is 1. The summed E-state index contributed by atoms with van der Waals surface area (Å²) in [6.07, 6.45) is -4.75. The molecule has 0 radical (unpaired) electrons. The minimum Gasteiger partial charge on any atom is -0.406 e. The van der Waals surface area contributed by atoms with Crippen LogP contribution in [0.1, 0.15) is 35.3 Å². The van der Waals surface area contributed by atoms with Gasteiger partial charge in [0.15, 0.2) is 5.82 Å². The van der Waals surface area contributed by atoms with E-state index in [2.05, 4.69) is 14.9 Å². The number of likely N-dealkylation sites (tertiary alicyclic amines) is 1. The first-order valence-corrected chi connectivity index (χ1v) is 10.1. The van der Waals surface area contributed by atoms with Crippen LogP contribution < -0.4 is 4.74 Å². The highest BCUT2D eigenvalue weighted by atomic mass is 35.5. The Labute approximate surface area is 185 Å². The molecule has 1 saturated heterocycles. The van der Waals surface area contributed by atoms with Crippen LogP contribution in [-0.2, 0) is 13.0 Å². The lowest BCUT2D eigenvalue weighted by Gasteiger charge is -2.21. The third-order valence-electron chi connectivity index (χ3n) is 5.06. The molecule has 1 aliphatic heterocycles. The van der Waals surface area contributed by atoms with Crippen molar-refractivity contribution in [2.75, 3.05) is 6.54 Å². The van der Waals surface area contributed by atoms with E-state index in [9.17, 15) is 22.7 Å². The Hall–Kier alpha value is -2.69. The Kier molecular flexibility index (Phi) is 6.36. The maximum Gasteiger partial charge on any atom is 0.573 e. The second-order valence-electron chi connectivity index (χ2n) is 7.49. The topological polar surface area (TPSA) is 71.6 Å². The van der Waals surface area contributed by atoms with Gasteiger partial charge in [0.25, 0.3) is 0 Å². The van der Waals surface area contributed by atoms with E-state index in [0.717, 1.165) is 5.56 Å². The summed E-state index contributed by atoms with van der Waals surface area (Å²) in [7, 11) is 0. The number of benzene rings is 2. The minimum atomic E-state index is -4.75. The number of aliphatic hydroxyl groups excluding tert-OH is 1. The molecule has 3 aromatic rings. The molecule has 1 fully saturated rings. The number of aromatic nitrogens is 2. The van der Waals surface area contributed by atoms with Crippen molar-refractivity contribution in [3.05, 3.63) is 76.1 Å². The largest absolute Gasteiger partial charge is 0.573 e. The van der Waals surface area contributed by atoms with Gasteiger partial charge in [-0.2, -0.15) is 4.98 Å². The van der Waals surface area contributed by atoms with Crippen molar-refractivity contribution in [3.63, 3.8) is 0 Å². The fourth-order valence-corrected chi connectivity index (χ4v) is 3.89. The van der Waals surface area contributed by atoms with Gasteiger partial charge >= 0.3 is 6.36 Å². The van der Waals surface area contributed by atoms with Crippen molar-refractivity contribution in [2.24, 2.45) is 0 Å². The minimum absolute atomic E-state index is 0.249. The third kappa shape index (κ3) is 5.56. The summed E-state index contributed by atoms with van der Waals surface area (Å²) in [4.78, 5) is 6.31. The van der Waals surface area contributed by atoms with E-state index in [1.54, 1.807) is 6.07 Å². The SMILES string of the molecule is OC1CC(c2nc(Cc3ccc(F)cc3Cl)no2)N(Cc2ccc(OC(F)(F)F)cc2)C1. The molecule has 2 aromatic carbocycles. The van der Waals surface area contributed by atoms with Crippen molar-refractivity contribution < 1.29 is 31.9 Å². The van der Waals surface area contributed by atoms with E-state index in [0.29, 0.717) is 36.8 Å². The zero-order valence-electron chi connectivity index (χ0n) is 16.5. The molecule has 2 unspecified atom stereocenters. The first-order valence-electron chi connectivity index (χ1n) is 9.69. The number of hydrogen-bond donors (Lipinski definition) is 1. The monoisotopic (exact) mass is 471 g/mol. The van der Waals surface area contributed by atoms with Crippen molar-refractivity contribution in [2.45, 2.75) is 37.9 Å². The Morgan fingerprint density at radius 3 is 2.62 bits per heavy atom. The Morgan fingerprint density at radius 1 is 1.19 bits per heavy atom. The Bertz CT molecular complexity index is 1070. The van der Waals surface area contributed by atoms with Crippen LogP contribution >= 0.6 is 11.6 Å². The molecule has 4 rings (SSSR count).